The molecular formula is C20H26F6N4O7S. The number of pyridine rings is 1. The molecule has 2 aliphatic heterocycles. The average Bonchev–Trinajstić information content (AvgIpc) is 3.23. The maximum absolute atomic E-state index is 12.5. The summed E-state index contributed by atoms with van der Waals surface area (Å²) in [5, 5.41) is 14.2. The Morgan fingerprint density at radius 3 is 2.03 bits per heavy atom. The number of alkyl halides is 6. The Labute approximate surface area is 213 Å². The lowest BCUT2D eigenvalue weighted by atomic mass is 9.93. The minimum absolute atomic E-state index is 0.0194. The summed E-state index contributed by atoms with van der Waals surface area (Å²) in [6, 6.07) is 3.67. The smallest absolute Gasteiger partial charge is 0.475 e. The summed E-state index contributed by atoms with van der Waals surface area (Å²) in [5.74, 6) is -5.32. The molecule has 0 radical (unpaired) electrons. The lowest BCUT2D eigenvalue weighted by Gasteiger charge is -2.46. The number of rotatable bonds is 4. The molecule has 1 aromatic heterocycles. The second-order valence-corrected chi connectivity index (χ2v) is 10.4. The largest absolute Gasteiger partial charge is 0.490 e. The number of hydrogen-bond donors (Lipinski definition) is 2. The van der Waals surface area contributed by atoms with Crippen LogP contribution in [-0.2, 0) is 24.4 Å². The number of anilines is 1. The summed E-state index contributed by atoms with van der Waals surface area (Å²) in [6.45, 7) is 3.61. The van der Waals surface area contributed by atoms with Gasteiger partial charge in [0.25, 0.3) is 0 Å². The molecule has 18 heteroatoms. The van der Waals surface area contributed by atoms with Crippen LogP contribution in [0.1, 0.15) is 19.8 Å². The highest BCUT2D eigenvalue weighted by atomic mass is 32.2. The van der Waals surface area contributed by atoms with Gasteiger partial charge in [0.1, 0.15) is 0 Å². The highest BCUT2D eigenvalue weighted by Gasteiger charge is 2.50. The fraction of sp³-hybridized carbons (Fsp3) is 0.600. The van der Waals surface area contributed by atoms with Crippen molar-refractivity contribution in [2.45, 2.75) is 37.7 Å². The Morgan fingerprint density at radius 2 is 1.61 bits per heavy atom. The number of aromatic nitrogens is 1. The van der Waals surface area contributed by atoms with Gasteiger partial charge in [-0.05, 0) is 32.0 Å². The third-order valence-electron chi connectivity index (χ3n) is 5.53. The SMILES string of the molecule is CCCS(=O)(=O)N1CCC2(CN(c3cccnc3)C(=O)CN2C)C1.O=C(O)C(F)(F)F.O=C(O)C(F)(F)F. The van der Waals surface area contributed by atoms with Crippen molar-refractivity contribution in [1.82, 2.24) is 14.2 Å². The maximum atomic E-state index is 12.5. The Bertz CT molecular complexity index is 1060. The Balaban J connectivity index is 0.000000426. The molecule has 0 aromatic carbocycles. The molecular weight excluding hydrogens is 554 g/mol. The van der Waals surface area contributed by atoms with Gasteiger partial charge in [-0.3, -0.25) is 14.7 Å². The van der Waals surface area contributed by atoms with E-state index in [0.29, 0.717) is 26.1 Å². The molecule has 0 aliphatic carbocycles. The lowest BCUT2D eigenvalue weighted by molar-refractivity contribution is -0.193. The summed E-state index contributed by atoms with van der Waals surface area (Å²) in [6.07, 6.45) is -5.47. The number of amides is 1. The van der Waals surface area contributed by atoms with E-state index in [1.165, 1.54) is 0 Å². The molecule has 1 spiro atoms. The molecule has 2 saturated heterocycles. The highest BCUT2D eigenvalue weighted by molar-refractivity contribution is 7.89. The number of carboxylic acids is 2. The summed E-state index contributed by atoms with van der Waals surface area (Å²) in [7, 11) is -1.30. The van der Waals surface area contributed by atoms with Gasteiger partial charge in [-0.2, -0.15) is 30.6 Å². The van der Waals surface area contributed by atoms with Crippen LogP contribution in [0.3, 0.4) is 0 Å². The van der Waals surface area contributed by atoms with Crippen molar-refractivity contribution in [3.8, 4) is 0 Å². The first-order valence-electron chi connectivity index (χ1n) is 10.8. The van der Waals surface area contributed by atoms with Gasteiger partial charge in [0.15, 0.2) is 0 Å². The van der Waals surface area contributed by atoms with Crippen molar-refractivity contribution in [2.75, 3.05) is 43.9 Å². The van der Waals surface area contributed by atoms with Gasteiger partial charge in [-0.25, -0.2) is 18.0 Å². The molecule has 216 valence electrons. The van der Waals surface area contributed by atoms with Crippen molar-refractivity contribution < 1.29 is 59.4 Å². The number of nitrogens with zero attached hydrogens (tertiary/aromatic N) is 4. The number of likely N-dealkylation sites (N-methyl/N-ethyl adjacent to an activating group) is 1. The lowest BCUT2D eigenvalue weighted by Crippen LogP contribution is -2.64. The predicted molar refractivity (Wildman–Crippen MR) is 120 cm³/mol. The monoisotopic (exact) mass is 580 g/mol. The van der Waals surface area contributed by atoms with E-state index in [1.807, 2.05) is 24.9 Å². The van der Waals surface area contributed by atoms with Crippen LogP contribution in [0, 0.1) is 0 Å². The molecule has 3 rings (SSSR count). The third kappa shape index (κ3) is 9.09. The first-order chi connectivity index (χ1) is 17.3. The standard InChI is InChI=1S/C16H24N4O3S.2C2HF3O2/c1-3-9-24(22,23)19-8-6-16(12-19)13-20(15(21)11-18(16)2)14-5-4-7-17-10-14;2*3-2(4,5)1(6)7/h4-5,7,10H,3,6,8-9,11-13H2,1-2H3;2*(H,6,7). The van der Waals surface area contributed by atoms with Crippen LogP contribution < -0.4 is 4.90 Å². The van der Waals surface area contributed by atoms with Gasteiger partial charge < -0.3 is 15.1 Å². The van der Waals surface area contributed by atoms with E-state index in [1.54, 1.807) is 27.7 Å². The molecule has 2 aliphatic rings. The van der Waals surface area contributed by atoms with Gasteiger partial charge >= 0.3 is 24.3 Å². The van der Waals surface area contributed by atoms with Gasteiger partial charge in [0.05, 0.1) is 29.7 Å². The van der Waals surface area contributed by atoms with Crippen LogP contribution in [0.2, 0.25) is 0 Å². The quantitative estimate of drug-likeness (QED) is 0.509. The van der Waals surface area contributed by atoms with Gasteiger partial charge in [0, 0.05) is 25.8 Å². The normalized spacial score (nSPS) is 20.8. The maximum Gasteiger partial charge on any atom is 0.490 e. The number of aliphatic carboxylic acids is 2. The first kappa shape index (κ1) is 33.0. The number of piperazine rings is 1. The minimum atomic E-state index is -5.08. The van der Waals surface area contributed by atoms with Crippen LogP contribution in [0.15, 0.2) is 24.5 Å². The zero-order valence-corrected chi connectivity index (χ0v) is 21.0. The molecule has 2 fully saturated rings. The zero-order chi connectivity index (χ0) is 29.5. The molecule has 1 unspecified atom stereocenters. The molecule has 1 amide bonds. The number of sulfonamides is 1. The van der Waals surface area contributed by atoms with E-state index in [2.05, 4.69) is 4.98 Å². The fourth-order valence-electron chi connectivity index (χ4n) is 3.59. The van der Waals surface area contributed by atoms with E-state index >= 15 is 0 Å². The molecule has 11 nitrogen and oxygen atoms in total. The molecule has 1 aromatic rings. The van der Waals surface area contributed by atoms with Crippen LogP contribution in [0.4, 0.5) is 32.0 Å². The zero-order valence-electron chi connectivity index (χ0n) is 20.2. The van der Waals surface area contributed by atoms with E-state index in [4.69, 9.17) is 19.8 Å². The number of carbonyl (C=O) groups excluding carboxylic acids is 1. The summed E-state index contributed by atoms with van der Waals surface area (Å²) >= 11 is 0. The third-order valence-corrected chi connectivity index (χ3v) is 7.55. The Kier molecular flexibility index (Phi) is 11.0. The first-order valence-corrected chi connectivity index (χ1v) is 12.4. The molecule has 0 bridgehead atoms. The van der Waals surface area contributed by atoms with E-state index in [0.717, 1.165) is 12.1 Å². The molecule has 3 heterocycles. The van der Waals surface area contributed by atoms with Crippen molar-refractivity contribution in [1.29, 1.82) is 0 Å². The van der Waals surface area contributed by atoms with Crippen molar-refractivity contribution in [3.05, 3.63) is 24.5 Å². The van der Waals surface area contributed by atoms with E-state index in [9.17, 15) is 39.6 Å². The van der Waals surface area contributed by atoms with Crippen LogP contribution >= 0.6 is 0 Å². The van der Waals surface area contributed by atoms with Crippen molar-refractivity contribution in [3.63, 3.8) is 0 Å². The molecule has 1 atom stereocenters. The number of carbonyl (C=O) groups is 3. The van der Waals surface area contributed by atoms with Crippen LogP contribution in [-0.4, -0.2) is 108 Å². The summed E-state index contributed by atoms with van der Waals surface area (Å²) in [4.78, 5) is 38.1. The fourth-order valence-corrected chi connectivity index (χ4v) is 5.17. The van der Waals surface area contributed by atoms with Crippen molar-refractivity contribution >= 4 is 33.6 Å². The van der Waals surface area contributed by atoms with E-state index in [-0.39, 0.29) is 23.7 Å². The minimum Gasteiger partial charge on any atom is -0.475 e. The average molecular weight is 581 g/mol. The second-order valence-electron chi connectivity index (χ2n) is 8.28. The van der Waals surface area contributed by atoms with Crippen molar-refractivity contribution in [2.24, 2.45) is 0 Å². The molecule has 2 N–H and O–H groups in total. The Morgan fingerprint density at radius 1 is 1.08 bits per heavy atom. The van der Waals surface area contributed by atoms with Crippen LogP contribution in [0.5, 0.6) is 0 Å². The number of carboxylic acid groups (broad SMARTS) is 2. The summed E-state index contributed by atoms with van der Waals surface area (Å²) < 4.78 is 89.9. The van der Waals surface area contributed by atoms with Gasteiger partial charge in [-0.1, -0.05) is 6.92 Å². The van der Waals surface area contributed by atoms with E-state index < -0.39 is 34.3 Å². The van der Waals surface area contributed by atoms with Gasteiger partial charge in [0.2, 0.25) is 15.9 Å². The second kappa shape index (κ2) is 12.7. The predicted octanol–water partition coefficient (Wildman–Crippen LogP) is 1.81. The number of hydrogen-bond acceptors (Lipinski definition) is 7. The number of halogens is 6. The van der Waals surface area contributed by atoms with Gasteiger partial charge in [-0.15, -0.1) is 0 Å². The summed E-state index contributed by atoms with van der Waals surface area (Å²) in [5.41, 5.74) is 0.440. The Hall–Kier alpha value is -2.99. The molecule has 38 heavy (non-hydrogen) atoms. The molecule has 0 saturated carbocycles. The van der Waals surface area contributed by atoms with Crippen LogP contribution in [0.25, 0.3) is 0 Å². The highest BCUT2D eigenvalue weighted by Crippen LogP contribution is 2.34. The topological polar surface area (TPSA) is 148 Å².